The van der Waals surface area contributed by atoms with Gasteiger partial charge in [0.15, 0.2) is 5.78 Å². The van der Waals surface area contributed by atoms with Crippen LogP contribution in [-0.4, -0.2) is 96.3 Å². The van der Waals surface area contributed by atoms with Crippen molar-refractivity contribution in [3.8, 4) is 16.3 Å². The fourth-order valence-corrected chi connectivity index (χ4v) is 5.19. The van der Waals surface area contributed by atoms with Crippen molar-refractivity contribution < 1.29 is 19.1 Å². The minimum absolute atomic E-state index is 0.107. The third-order valence-corrected chi connectivity index (χ3v) is 7.73. The fraction of sp³-hybridized carbons (Fsp3) is 0.444. The Bertz CT molecular complexity index is 1290. The van der Waals surface area contributed by atoms with Crippen molar-refractivity contribution in [2.45, 2.75) is 13.3 Å². The Kier molecular flexibility index (Phi) is 8.38. The molecule has 200 valence electrons. The van der Waals surface area contributed by atoms with Gasteiger partial charge in [0.25, 0.3) is 0 Å². The molecule has 2 aromatic heterocycles. The molecule has 10 nitrogen and oxygen atoms in total. The third kappa shape index (κ3) is 6.60. The molecule has 3 aromatic rings. The fourth-order valence-electron chi connectivity index (χ4n) is 4.28. The van der Waals surface area contributed by atoms with Crippen LogP contribution in [0.4, 0.5) is 5.69 Å². The zero-order valence-corrected chi connectivity index (χ0v) is 22.5. The minimum Gasteiger partial charge on any atom is -0.491 e. The van der Waals surface area contributed by atoms with Gasteiger partial charge in [-0.15, -0.1) is 10.2 Å². The Morgan fingerprint density at radius 1 is 1.16 bits per heavy atom. The number of aromatic nitrogens is 3. The average molecular weight is 537 g/mol. The maximum absolute atomic E-state index is 13.2. The summed E-state index contributed by atoms with van der Waals surface area (Å²) in [7, 11) is 2.08. The average Bonchev–Trinajstić information content (AvgIpc) is 3.33. The summed E-state index contributed by atoms with van der Waals surface area (Å²) in [6, 6.07) is 7.10. The molecule has 0 spiro atoms. The van der Waals surface area contributed by atoms with Gasteiger partial charge in [0.1, 0.15) is 15.8 Å². The van der Waals surface area contributed by atoms with Gasteiger partial charge >= 0.3 is 0 Å². The SMILES string of the molecule is Cc1ccncc1-c1nnc(CC(=O)c2ccc(OCC3COC3)c(NC(=O)CN3CCN(C)CC3)c2)s1. The maximum atomic E-state index is 13.2. The van der Waals surface area contributed by atoms with Crippen molar-refractivity contribution in [2.24, 2.45) is 5.92 Å². The topological polar surface area (TPSA) is 110 Å². The lowest BCUT2D eigenvalue weighted by molar-refractivity contribution is -0.117. The highest BCUT2D eigenvalue weighted by atomic mass is 32.1. The van der Waals surface area contributed by atoms with Crippen LogP contribution in [0.2, 0.25) is 0 Å². The Morgan fingerprint density at radius 2 is 1.97 bits per heavy atom. The summed E-state index contributed by atoms with van der Waals surface area (Å²) in [5.41, 5.74) is 2.94. The zero-order valence-electron chi connectivity index (χ0n) is 21.7. The highest BCUT2D eigenvalue weighted by Crippen LogP contribution is 2.29. The number of nitrogens with zero attached hydrogens (tertiary/aromatic N) is 5. The number of aryl methyl sites for hydroxylation is 1. The molecule has 1 N–H and O–H groups in total. The quantitative estimate of drug-likeness (QED) is 0.391. The van der Waals surface area contributed by atoms with E-state index in [1.54, 1.807) is 30.6 Å². The summed E-state index contributed by atoms with van der Waals surface area (Å²) in [5.74, 6) is 0.645. The second kappa shape index (κ2) is 12.1. The largest absolute Gasteiger partial charge is 0.491 e. The van der Waals surface area contributed by atoms with E-state index in [1.807, 2.05) is 13.0 Å². The number of hydrogen-bond acceptors (Lipinski definition) is 10. The minimum atomic E-state index is -0.128. The highest BCUT2D eigenvalue weighted by Gasteiger charge is 2.22. The number of rotatable bonds is 10. The molecule has 0 unspecified atom stereocenters. The Balaban J connectivity index is 1.28. The molecular formula is C27H32N6O4S. The van der Waals surface area contributed by atoms with E-state index in [2.05, 4.69) is 37.3 Å². The number of anilines is 1. The van der Waals surface area contributed by atoms with E-state index in [4.69, 9.17) is 9.47 Å². The lowest BCUT2D eigenvalue weighted by Crippen LogP contribution is -2.47. The van der Waals surface area contributed by atoms with E-state index in [9.17, 15) is 9.59 Å². The smallest absolute Gasteiger partial charge is 0.238 e. The van der Waals surface area contributed by atoms with Gasteiger partial charge in [-0.3, -0.25) is 19.5 Å². The van der Waals surface area contributed by atoms with Gasteiger partial charge < -0.3 is 19.7 Å². The summed E-state index contributed by atoms with van der Waals surface area (Å²) in [6.45, 7) is 7.68. The second-order valence-corrected chi connectivity index (χ2v) is 10.9. The van der Waals surface area contributed by atoms with Crippen molar-refractivity contribution >= 4 is 28.7 Å². The van der Waals surface area contributed by atoms with Gasteiger partial charge in [-0.05, 0) is 43.8 Å². The first-order valence-electron chi connectivity index (χ1n) is 12.8. The van der Waals surface area contributed by atoms with Gasteiger partial charge in [0.05, 0.1) is 38.5 Å². The molecule has 1 aromatic carbocycles. The molecule has 2 aliphatic rings. The molecule has 38 heavy (non-hydrogen) atoms. The molecule has 0 aliphatic carbocycles. The van der Waals surface area contributed by atoms with Gasteiger partial charge in [-0.25, -0.2) is 0 Å². The van der Waals surface area contributed by atoms with E-state index >= 15 is 0 Å². The number of benzene rings is 1. The number of Topliss-reactive ketones (excluding diaryl/α,β-unsaturated/α-hetero) is 1. The highest BCUT2D eigenvalue weighted by molar-refractivity contribution is 7.14. The maximum Gasteiger partial charge on any atom is 0.238 e. The lowest BCUT2D eigenvalue weighted by Gasteiger charge is -2.31. The molecular weight excluding hydrogens is 504 g/mol. The number of pyridine rings is 1. The first-order chi connectivity index (χ1) is 18.4. The van der Waals surface area contributed by atoms with Crippen LogP contribution in [0.1, 0.15) is 20.9 Å². The number of hydrogen-bond donors (Lipinski definition) is 1. The summed E-state index contributed by atoms with van der Waals surface area (Å²) in [5, 5.41) is 12.8. The number of likely N-dealkylation sites (N-methyl/N-ethyl adjacent to an activating group) is 1. The van der Waals surface area contributed by atoms with Crippen molar-refractivity contribution in [3.05, 3.63) is 52.8 Å². The van der Waals surface area contributed by atoms with E-state index < -0.39 is 0 Å². The number of ether oxygens (including phenoxy) is 2. The molecule has 4 heterocycles. The normalized spacial score (nSPS) is 16.7. The van der Waals surface area contributed by atoms with Gasteiger partial charge in [0.2, 0.25) is 5.91 Å². The molecule has 1 amide bonds. The van der Waals surface area contributed by atoms with Crippen molar-refractivity contribution in [1.82, 2.24) is 25.0 Å². The molecule has 2 fully saturated rings. The summed E-state index contributed by atoms with van der Waals surface area (Å²) < 4.78 is 11.2. The first kappa shape index (κ1) is 26.4. The first-order valence-corrected chi connectivity index (χ1v) is 13.6. The number of amides is 1. The second-order valence-electron chi connectivity index (χ2n) is 9.84. The number of ketones is 1. The lowest BCUT2D eigenvalue weighted by atomic mass is 10.1. The molecule has 0 bridgehead atoms. The van der Waals surface area contributed by atoms with Gasteiger partial charge in [-0.2, -0.15) is 0 Å². The van der Waals surface area contributed by atoms with Crippen molar-refractivity contribution in [1.29, 1.82) is 0 Å². The standard InChI is InChI=1S/C27H32N6O4S/c1-18-5-6-28-13-21(18)27-31-30-26(38-27)12-23(34)20-3-4-24(37-17-19-15-36-16-19)22(11-20)29-25(35)14-33-9-7-32(2)8-10-33/h3-6,11,13,19H,7-10,12,14-17H2,1-2H3,(H,29,35). The zero-order chi connectivity index (χ0) is 26.5. The number of nitrogens with one attached hydrogen (secondary N) is 1. The number of carbonyl (C=O) groups is 2. The molecule has 5 rings (SSSR count). The van der Waals surface area contributed by atoms with Crippen LogP contribution in [0.15, 0.2) is 36.7 Å². The van der Waals surface area contributed by atoms with E-state index in [0.717, 1.165) is 42.3 Å². The molecule has 0 atom stereocenters. The van der Waals surface area contributed by atoms with Crippen LogP contribution in [0.25, 0.3) is 10.6 Å². The van der Waals surface area contributed by atoms with Crippen LogP contribution < -0.4 is 10.1 Å². The van der Waals surface area contributed by atoms with Crippen LogP contribution >= 0.6 is 11.3 Å². The Hall–Kier alpha value is -3.25. The molecule has 2 saturated heterocycles. The third-order valence-electron chi connectivity index (χ3n) is 6.77. The van der Waals surface area contributed by atoms with Crippen molar-refractivity contribution in [3.63, 3.8) is 0 Å². The molecule has 11 heteroatoms. The summed E-state index contributed by atoms with van der Waals surface area (Å²) in [4.78, 5) is 34.6. The summed E-state index contributed by atoms with van der Waals surface area (Å²) >= 11 is 1.38. The summed E-state index contributed by atoms with van der Waals surface area (Å²) in [6.07, 6.45) is 3.61. The Morgan fingerprint density at radius 3 is 2.71 bits per heavy atom. The predicted octanol–water partition coefficient (Wildman–Crippen LogP) is 2.55. The van der Waals surface area contributed by atoms with Crippen molar-refractivity contribution in [2.75, 3.05) is 64.9 Å². The van der Waals surface area contributed by atoms with Crippen LogP contribution in [-0.2, 0) is 16.0 Å². The Labute approximate surface area is 226 Å². The van der Waals surface area contributed by atoms with Crippen LogP contribution in [0.5, 0.6) is 5.75 Å². The van der Waals surface area contributed by atoms with Gasteiger partial charge in [-0.1, -0.05) is 11.3 Å². The molecule has 2 aliphatic heterocycles. The monoisotopic (exact) mass is 536 g/mol. The number of piperazine rings is 1. The molecule has 0 radical (unpaired) electrons. The van der Waals surface area contributed by atoms with Gasteiger partial charge in [0, 0.05) is 55.6 Å². The van der Waals surface area contributed by atoms with E-state index in [0.29, 0.717) is 54.3 Å². The molecule has 0 saturated carbocycles. The predicted molar refractivity (Wildman–Crippen MR) is 145 cm³/mol. The number of carbonyl (C=O) groups excluding carboxylic acids is 2. The van der Waals surface area contributed by atoms with Crippen LogP contribution in [0, 0.1) is 12.8 Å². The van der Waals surface area contributed by atoms with E-state index in [1.165, 1.54) is 11.3 Å². The van der Waals surface area contributed by atoms with E-state index in [-0.39, 0.29) is 18.1 Å². The van der Waals surface area contributed by atoms with Crippen LogP contribution in [0.3, 0.4) is 0 Å².